The molecule has 7 heteroatoms. The van der Waals surface area contributed by atoms with Crippen LogP contribution in [0.4, 0.5) is 0 Å². The minimum absolute atomic E-state index is 0.0527. The Morgan fingerprint density at radius 2 is 1.59 bits per heavy atom. The fourth-order valence-electron chi connectivity index (χ4n) is 1.80. The van der Waals surface area contributed by atoms with Gasteiger partial charge >= 0.3 is 0 Å². The summed E-state index contributed by atoms with van der Waals surface area (Å²) >= 11 is 0. The molecule has 0 atom stereocenters. The number of unbranched alkanes of at least 4 members (excludes halogenated alkanes) is 1. The van der Waals surface area contributed by atoms with Crippen molar-refractivity contribution in [2.75, 3.05) is 18.8 Å². The molecule has 0 aliphatic carbocycles. The van der Waals surface area contributed by atoms with Crippen LogP contribution in [-0.4, -0.2) is 39.1 Å². The summed E-state index contributed by atoms with van der Waals surface area (Å²) in [6.07, 6.45) is 1.45. The third-order valence-corrected chi connectivity index (χ3v) is 4.73. The molecule has 1 rings (SSSR count). The number of hydrogen-bond acceptors (Lipinski definition) is 4. The van der Waals surface area contributed by atoms with Gasteiger partial charge in [0.05, 0.1) is 10.6 Å². The average molecular weight is 326 g/mol. The predicted molar refractivity (Wildman–Crippen MR) is 84.0 cm³/mol. The molecule has 1 aromatic carbocycles. The van der Waals surface area contributed by atoms with Gasteiger partial charge in [-0.1, -0.05) is 18.2 Å². The van der Waals surface area contributed by atoms with E-state index >= 15 is 0 Å². The first-order valence-corrected chi connectivity index (χ1v) is 8.86. The number of nitrogens with one attached hydrogen (secondary N) is 2. The summed E-state index contributed by atoms with van der Waals surface area (Å²) in [7, 11) is -3.41. The second-order valence-corrected chi connectivity index (χ2v) is 7.03. The highest BCUT2D eigenvalue weighted by Gasteiger charge is 2.15. The van der Waals surface area contributed by atoms with Gasteiger partial charge in [-0.25, -0.2) is 8.42 Å². The lowest BCUT2D eigenvalue weighted by Gasteiger charge is -2.06. The minimum Gasteiger partial charge on any atom is -0.356 e. The lowest BCUT2D eigenvalue weighted by molar-refractivity contribution is -0.121. The summed E-state index contributed by atoms with van der Waals surface area (Å²) in [5, 5.41) is 5.34. The van der Waals surface area contributed by atoms with Gasteiger partial charge in [0.25, 0.3) is 0 Å². The fraction of sp³-hybridized carbons (Fsp3) is 0.467. The standard InChI is InChI=1S/C15H22N2O4S/c1-13(18)16-10-5-6-11-17-15(19)9-12-22(20,21)14-7-3-2-4-8-14/h2-4,7-8H,5-6,9-12H2,1H3,(H,16,18)(H,17,19). The third-order valence-electron chi connectivity index (χ3n) is 3.00. The Morgan fingerprint density at radius 1 is 1.00 bits per heavy atom. The van der Waals surface area contributed by atoms with Crippen molar-refractivity contribution in [3.05, 3.63) is 30.3 Å². The van der Waals surface area contributed by atoms with Gasteiger partial charge in [0.2, 0.25) is 11.8 Å². The summed E-state index contributed by atoms with van der Waals surface area (Å²) < 4.78 is 24.0. The molecule has 2 amide bonds. The van der Waals surface area contributed by atoms with Gasteiger partial charge < -0.3 is 10.6 Å². The Kier molecular flexibility index (Phi) is 7.59. The van der Waals surface area contributed by atoms with E-state index in [0.29, 0.717) is 13.1 Å². The van der Waals surface area contributed by atoms with E-state index in [2.05, 4.69) is 10.6 Å². The second kappa shape index (κ2) is 9.19. The first-order valence-electron chi connectivity index (χ1n) is 7.21. The van der Waals surface area contributed by atoms with Crippen molar-refractivity contribution in [1.82, 2.24) is 10.6 Å². The summed E-state index contributed by atoms with van der Waals surface area (Å²) in [6.45, 7) is 2.51. The van der Waals surface area contributed by atoms with Crippen LogP contribution < -0.4 is 10.6 Å². The van der Waals surface area contributed by atoms with E-state index in [1.165, 1.54) is 19.1 Å². The second-order valence-electron chi connectivity index (χ2n) is 4.92. The zero-order chi connectivity index (χ0) is 16.4. The van der Waals surface area contributed by atoms with Crippen LogP contribution in [0, 0.1) is 0 Å². The van der Waals surface area contributed by atoms with Crippen molar-refractivity contribution >= 4 is 21.7 Å². The van der Waals surface area contributed by atoms with E-state index in [-0.39, 0.29) is 28.9 Å². The van der Waals surface area contributed by atoms with Gasteiger partial charge in [0.15, 0.2) is 9.84 Å². The van der Waals surface area contributed by atoms with Crippen molar-refractivity contribution < 1.29 is 18.0 Å². The van der Waals surface area contributed by atoms with Gasteiger partial charge in [0.1, 0.15) is 0 Å². The van der Waals surface area contributed by atoms with Gasteiger partial charge in [-0.05, 0) is 25.0 Å². The minimum atomic E-state index is -3.41. The number of benzene rings is 1. The smallest absolute Gasteiger partial charge is 0.221 e. The Morgan fingerprint density at radius 3 is 2.18 bits per heavy atom. The number of carbonyl (C=O) groups excluding carboxylic acids is 2. The summed E-state index contributed by atoms with van der Waals surface area (Å²) in [5.74, 6) is -0.552. The Hall–Kier alpha value is -1.89. The topological polar surface area (TPSA) is 92.3 Å². The zero-order valence-corrected chi connectivity index (χ0v) is 13.5. The summed E-state index contributed by atoms with van der Waals surface area (Å²) in [6, 6.07) is 8.10. The predicted octanol–water partition coefficient (Wildman–Crippen LogP) is 0.883. The maximum Gasteiger partial charge on any atom is 0.221 e. The lowest BCUT2D eigenvalue weighted by Crippen LogP contribution is -2.27. The highest BCUT2D eigenvalue weighted by molar-refractivity contribution is 7.91. The molecule has 0 aromatic heterocycles. The van der Waals surface area contributed by atoms with Gasteiger partial charge in [-0.2, -0.15) is 0 Å². The highest BCUT2D eigenvalue weighted by atomic mass is 32.2. The number of amides is 2. The number of sulfone groups is 1. The monoisotopic (exact) mass is 326 g/mol. The van der Waals surface area contributed by atoms with Gasteiger partial charge in [0, 0.05) is 26.4 Å². The summed E-state index contributed by atoms with van der Waals surface area (Å²) in [4.78, 5) is 22.5. The van der Waals surface area contributed by atoms with E-state index < -0.39 is 9.84 Å². The molecule has 0 saturated carbocycles. The van der Waals surface area contributed by atoms with Crippen LogP contribution in [-0.2, 0) is 19.4 Å². The number of rotatable bonds is 9. The Balaban J connectivity index is 2.22. The van der Waals surface area contributed by atoms with Crippen LogP contribution in [0.25, 0.3) is 0 Å². The van der Waals surface area contributed by atoms with Crippen molar-refractivity contribution in [2.24, 2.45) is 0 Å². The number of carbonyl (C=O) groups is 2. The van der Waals surface area contributed by atoms with E-state index in [1.54, 1.807) is 18.2 Å². The van der Waals surface area contributed by atoms with E-state index in [1.807, 2.05) is 0 Å². The van der Waals surface area contributed by atoms with Crippen molar-refractivity contribution in [3.8, 4) is 0 Å². The van der Waals surface area contributed by atoms with E-state index in [0.717, 1.165) is 12.8 Å². The molecule has 1 aromatic rings. The molecule has 0 saturated heterocycles. The molecule has 0 fully saturated rings. The largest absolute Gasteiger partial charge is 0.356 e. The molecule has 0 radical (unpaired) electrons. The molecule has 0 spiro atoms. The van der Waals surface area contributed by atoms with Crippen molar-refractivity contribution in [1.29, 1.82) is 0 Å². The molecule has 0 aliphatic heterocycles. The normalized spacial score (nSPS) is 11.0. The van der Waals surface area contributed by atoms with Crippen LogP contribution in [0.5, 0.6) is 0 Å². The Bertz CT molecular complexity index is 585. The van der Waals surface area contributed by atoms with Gasteiger partial charge in [-0.15, -0.1) is 0 Å². The Labute approximate surface area is 131 Å². The first kappa shape index (κ1) is 18.2. The first-order chi connectivity index (χ1) is 10.4. The molecule has 0 unspecified atom stereocenters. The molecule has 2 N–H and O–H groups in total. The molecule has 0 heterocycles. The van der Waals surface area contributed by atoms with Gasteiger partial charge in [-0.3, -0.25) is 9.59 Å². The average Bonchev–Trinajstić information content (AvgIpc) is 2.49. The highest BCUT2D eigenvalue weighted by Crippen LogP contribution is 2.10. The quantitative estimate of drug-likeness (QED) is 0.659. The molecule has 0 bridgehead atoms. The molecule has 0 aliphatic rings. The van der Waals surface area contributed by atoms with Crippen molar-refractivity contribution in [2.45, 2.75) is 31.1 Å². The maximum absolute atomic E-state index is 12.0. The molecular formula is C15H22N2O4S. The molecule has 6 nitrogen and oxygen atoms in total. The van der Waals surface area contributed by atoms with Crippen LogP contribution in [0.15, 0.2) is 35.2 Å². The van der Waals surface area contributed by atoms with E-state index in [4.69, 9.17) is 0 Å². The van der Waals surface area contributed by atoms with Crippen LogP contribution in [0.3, 0.4) is 0 Å². The number of hydrogen-bond donors (Lipinski definition) is 2. The molecular weight excluding hydrogens is 304 g/mol. The van der Waals surface area contributed by atoms with Crippen molar-refractivity contribution in [3.63, 3.8) is 0 Å². The third kappa shape index (κ3) is 7.21. The molecule has 22 heavy (non-hydrogen) atoms. The van der Waals surface area contributed by atoms with Crippen LogP contribution in [0.1, 0.15) is 26.2 Å². The lowest BCUT2D eigenvalue weighted by atomic mass is 10.3. The van der Waals surface area contributed by atoms with Crippen LogP contribution in [0.2, 0.25) is 0 Å². The van der Waals surface area contributed by atoms with E-state index in [9.17, 15) is 18.0 Å². The summed E-state index contributed by atoms with van der Waals surface area (Å²) in [5.41, 5.74) is 0. The van der Waals surface area contributed by atoms with Crippen LogP contribution >= 0.6 is 0 Å². The maximum atomic E-state index is 12.0. The molecule has 122 valence electrons. The fourth-order valence-corrected chi connectivity index (χ4v) is 3.06. The zero-order valence-electron chi connectivity index (χ0n) is 12.7. The SMILES string of the molecule is CC(=O)NCCCCNC(=O)CCS(=O)(=O)c1ccccc1.